The zero-order chi connectivity index (χ0) is 20.7. The molecule has 0 aliphatic heterocycles. The van der Waals surface area contributed by atoms with Crippen molar-refractivity contribution in [2.45, 2.75) is 12.3 Å². The molecule has 3 rings (SSSR count). The highest BCUT2D eigenvalue weighted by molar-refractivity contribution is 7.91. The van der Waals surface area contributed by atoms with E-state index in [9.17, 15) is 18.3 Å². The molecule has 4 N–H and O–H groups in total. The van der Waals surface area contributed by atoms with Crippen LogP contribution in [0, 0.1) is 0 Å². The lowest BCUT2D eigenvalue weighted by Gasteiger charge is -2.10. The number of hydrogen-bond acceptors (Lipinski definition) is 5. The summed E-state index contributed by atoms with van der Waals surface area (Å²) in [6, 6.07) is 15.5. The first-order valence-electron chi connectivity index (χ1n) is 8.72. The number of carbonyl (C=O) groups is 1. The van der Waals surface area contributed by atoms with E-state index in [1.54, 1.807) is 60.9 Å². The normalized spacial score (nSPS) is 10.9. The molecule has 0 aliphatic rings. The standard InChI is InChI=1S/C20H20N4O4S/c25-19-7-1-16(2-8-19)14-29(27,28)24-18-5-3-17(4-6-18)23-20(26)22-13-15-9-11-21-12-10-15/h1-12,24-25H,13-14H2,(H2,22,23,26). The van der Waals surface area contributed by atoms with Gasteiger partial charge in [-0.25, -0.2) is 13.2 Å². The summed E-state index contributed by atoms with van der Waals surface area (Å²) in [5.41, 5.74) is 2.39. The maximum absolute atomic E-state index is 12.3. The predicted octanol–water partition coefficient (Wildman–Crippen LogP) is 3.05. The van der Waals surface area contributed by atoms with Crippen LogP contribution in [0.15, 0.2) is 73.1 Å². The molecule has 1 aromatic heterocycles. The molecule has 3 aromatic rings. The molecule has 0 saturated heterocycles. The molecule has 0 aliphatic carbocycles. The Bertz CT molecular complexity index is 1050. The van der Waals surface area contributed by atoms with Crippen LogP contribution in [0.3, 0.4) is 0 Å². The van der Waals surface area contributed by atoms with Gasteiger partial charge in [-0.2, -0.15) is 0 Å². The average Bonchev–Trinajstić information content (AvgIpc) is 2.70. The van der Waals surface area contributed by atoms with Crippen molar-refractivity contribution < 1.29 is 18.3 Å². The zero-order valence-corrected chi connectivity index (χ0v) is 16.2. The second-order valence-corrected chi connectivity index (χ2v) is 7.99. The van der Waals surface area contributed by atoms with E-state index in [1.807, 2.05) is 0 Å². The monoisotopic (exact) mass is 412 g/mol. The van der Waals surface area contributed by atoms with Crippen LogP contribution in [0.2, 0.25) is 0 Å². The number of anilines is 2. The third-order valence-electron chi connectivity index (χ3n) is 3.91. The van der Waals surface area contributed by atoms with Crippen molar-refractivity contribution >= 4 is 27.4 Å². The third-order valence-corrected chi connectivity index (χ3v) is 5.17. The molecule has 29 heavy (non-hydrogen) atoms. The van der Waals surface area contributed by atoms with Crippen LogP contribution < -0.4 is 15.4 Å². The van der Waals surface area contributed by atoms with Crippen molar-refractivity contribution in [1.82, 2.24) is 10.3 Å². The number of aromatic nitrogens is 1. The molecular weight excluding hydrogens is 392 g/mol. The van der Waals surface area contributed by atoms with Crippen molar-refractivity contribution in [2.75, 3.05) is 10.0 Å². The summed E-state index contributed by atoms with van der Waals surface area (Å²) in [7, 11) is -3.61. The number of phenolic OH excluding ortho intramolecular Hbond substituents is 1. The van der Waals surface area contributed by atoms with E-state index in [-0.39, 0.29) is 17.5 Å². The van der Waals surface area contributed by atoms with Gasteiger partial charge in [0.2, 0.25) is 10.0 Å². The van der Waals surface area contributed by atoms with Crippen molar-refractivity contribution in [3.8, 4) is 5.75 Å². The van der Waals surface area contributed by atoms with E-state index >= 15 is 0 Å². The topological polar surface area (TPSA) is 120 Å². The fourth-order valence-corrected chi connectivity index (χ4v) is 3.71. The Morgan fingerprint density at radius 1 is 0.862 bits per heavy atom. The first-order valence-corrected chi connectivity index (χ1v) is 10.4. The van der Waals surface area contributed by atoms with Gasteiger partial charge in [-0.15, -0.1) is 0 Å². The SMILES string of the molecule is O=C(NCc1ccncc1)Nc1ccc(NS(=O)(=O)Cc2ccc(O)cc2)cc1. The number of phenols is 1. The minimum absolute atomic E-state index is 0.0759. The van der Waals surface area contributed by atoms with Gasteiger partial charge in [0, 0.05) is 30.3 Å². The Labute approximate surface area is 168 Å². The molecule has 0 atom stereocenters. The number of aromatic hydroxyl groups is 1. The number of nitrogens with one attached hydrogen (secondary N) is 3. The van der Waals surface area contributed by atoms with E-state index in [1.165, 1.54) is 12.1 Å². The summed E-state index contributed by atoms with van der Waals surface area (Å²) in [6.07, 6.45) is 3.30. The van der Waals surface area contributed by atoms with Gasteiger partial charge in [0.15, 0.2) is 0 Å². The summed E-state index contributed by atoms with van der Waals surface area (Å²) in [4.78, 5) is 15.9. The van der Waals surface area contributed by atoms with Crippen molar-refractivity contribution in [3.05, 3.63) is 84.2 Å². The van der Waals surface area contributed by atoms with Gasteiger partial charge in [0.05, 0.1) is 5.75 Å². The maximum Gasteiger partial charge on any atom is 0.319 e. The summed E-state index contributed by atoms with van der Waals surface area (Å²) >= 11 is 0. The fourth-order valence-electron chi connectivity index (χ4n) is 2.51. The summed E-state index contributed by atoms with van der Waals surface area (Å²) in [6.45, 7) is 0.365. The van der Waals surface area contributed by atoms with Crippen LogP contribution in [0.1, 0.15) is 11.1 Å². The van der Waals surface area contributed by atoms with Crippen molar-refractivity contribution in [3.63, 3.8) is 0 Å². The largest absolute Gasteiger partial charge is 0.508 e. The average molecular weight is 412 g/mol. The maximum atomic E-state index is 12.3. The van der Waals surface area contributed by atoms with Gasteiger partial charge < -0.3 is 15.7 Å². The van der Waals surface area contributed by atoms with E-state index < -0.39 is 10.0 Å². The molecule has 0 radical (unpaired) electrons. The summed E-state index contributed by atoms with van der Waals surface area (Å²) in [5, 5.41) is 14.7. The molecule has 0 unspecified atom stereocenters. The molecule has 1 heterocycles. The molecule has 2 aromatic carbocycles. The Morgan fingerprint density at radius 2 is 1.48 bits per heavy atom. The fraction of sp³-hybridized carbons (Fsp3) is 0.100. The molecule has 2 amide bonds. The van der Waals surface area contributed by atoms with Gasteiger partial charge in [0.25, 0.3) is 0 Å². The van der Waals surface area contributed by atoms with Crippen molar-refractivity contribution in [2.24, 2.45) is 0 Å². The van der Waals surface area contributed by atoms with Crippen LogP contribution >= 0.6 is 0 Å². The lowest BCUT2D eigenvalue weighted by Crippen LogP contribution is -2.28. The molecule has 9 heteroatoms. The number of amides is 2. The molecule has 0 saturated carbocycles. The van der Waals surface area contributed by atoms with E-state index in [0.29, 0.717) is 23.5 Å². The van der Waals surface area contributed by atoms with E-state index in [2.05, 4.69) is 20.3 Å². The van der Waals surface area contributed by atoms with E-state index in [4.69, 9.17) is 0 Å². The van der Waals surface area contributed by atoms with Gasteiger partial charge >= 0.3 is 6.03 Å². The quantitative estimate of drug-likeness (QED) is 0.475. The van der Waals surface area contributed by atoms with Crippen LogP contribution in [0.4, 0.5) is 16.2 Å². The Morgan fingerprint density at radius 3 is 2.14 bits per heavy atom. The van der Waals surface area contributed by atoms with Gasteiger partial charge in [0.1, 0.15) is 5.75 Å². The number of rotatable bonds is 7. The minimum Gasteiger partial charge on any atom is -0.508 e. The highest BCUT2D eigenvalue weighted by atomic mass is 32.2. The third kappa shape index (κ3) is 6.51. The number of pyridine rings is 1. The lowest BCUT2D eigenvalue weighted by molar-refractivity contribution is 0.251. The van der Waals surface area contributed by atoms with Crippen LogP contribution in [-0.2, 0) is 22.3 Å². The first-order chi connectivity index (χ1) is 13.9. The lowest BCUT2D eigenvalue weighted by atomic mass is 10.2. The number of nitrogens with zero attached hydrogens (tertiary/aromatic N) is 1. The first kappa shape index (κ1) is 20.2. The highest BCUT2D eigenvalue weighted by Crippen LogP contribution is 2.17. The van der Waals surface area contributed by atoms with Crippen LogP contribution in [-0.4, -0.2) is 24.5 Å². The Kier molecular flexibility index (Phi) is 6.30. The van der Waals surface area contributed by atoms with Crippen LogP contribution in [0.25, 0.3) is 0 Å². The summed E-state index contributed by atoms with van der Waals surface area (Å²) < 4.78 is 27.0. The van der Waals surface area contributed by atoms with Gasteiger partial charge in [-0.1, -0.05) is 12.1 Å². The molecule has 8 nitrogen and oxygen atoms in total. The number of urea groups is 1. The minimum atomic E-state index is -3.61. The molecule has 150 valence electrons. The second-order valence-electron chi connectivity index (χ2n) is 6.27. The molecule has 0 bridgehead atoms. The molecule has 0 spiro atoms. The Hall–Kier alpha value is -3.59. The number of sulfonamides is 1. The van der Waals surface area contributed by atoms with Crippen LogP contribution in [0.5, 0.6) is 5.75 Å². The number of hydrogen-bond donors (Lipinski definition) is 4. The Balaban J connectivity index is 1.52. The number of benzene rings is 2. The number of carbonyl (C=O) groups excluding carboxylic acids is 1. The van der Waals surface area contributed by atoms with Gasteiger partial charge in [-0.05, 0) is 59.7 Å². The van der Waals surface area contributed by atoms with Gasteiger partial charge in [-0.3, -0.25) is 9.71 Å². The van der Waals surface area contributed by atoms with Crippen molar-refractivity contribution in [1.29, 1.82) is 0 Å². The summed E-state index contributed by atoms with van der Waals surface area (Å²) in [5.74, 6) is -0.142. The second kappa shape index (κ2) is 9.07. The zero-order valence-electron chi connectivity index (χ0n) is 15.4. The molecular formula is C20H20N4O4S. The van der Waals surface area contributed by atoms with E-state index in [0.717, 1.165) is 5.56 Å². The highest BCUT2D eigenvalue weighted by Gasteiger charge is 2.12. The molecule has 0 fully saturated rings. The smallest absolute Gasteiger partial charge is 0.319 e. The predicted molar refractivity (Wildman–Crippen MR) is 111 cm³/mol.